The number of fused-ring (bicyclic) bond motifs is 1. The summed E-state index contributed by atoms with van der Waals surface area (Å²) < 4.78 is 30.1. The molecule has 39 heavy (non-hydrogen) atoms. The molecular weight excluding hydrogens is 501 g/mol. The second kappa shape index (κ2) is 11.3. The van der Waals surface area contributed by atoms with Crippen LogP contribution in [0.15, 0.2) is 54.6 Å². The number of halogens is 1. The number of benzene rings is 3. The second-order valence-corrected chi connectivity index (χ2v) is 9.60. The fraction of sp³-hybridized carbons (Fsp3) is 0.333. The molecule has 0 atom stereocenters. The van der Waals surface area contributed by atoms with Gasteiger partial charge in [-0.25, -0.2) is 4.39 Å². The first-order chi connectivity index (χ1) is 18.9. The van der Waals surface area contributed by atoms with Gasteiger partial charge in [0.1, 0.15) is 5.82 Å². The fourth-order valence-corrected chi connectivity index (χ4v) is 5.39. The number of ether oxygens (including phenoxy) is 3. The average Bonchev–Trinajstić information content (AvgIpc) is 3.21. The van der Waals surface area contributed by atoms with Crippen LogP contribution in [0.3, 0.4) is 0 Å². The smallest absolute Gasteiger partial charge is 0.263 e. The highest BCUT2D eigenvalue weighted by Gasteiger charge is 2.38. The Labute approximate surface area is 227 Å². The van der Waals surface area contributed by atoms with E-state index in [0.717, 1.165) is 29.9 Å². The van der Waals surface area contributed by atoms with Crippen LogP contribution in [0.5, 0.6) is 17.2 Å². The maximum absolute atomic E-state index is 13.6. The van der Waals surface area contributed by atoms with Gasteiger partial charge in [0.2, 0.25) is 5.75 Å². The molecule has 0 aromatic heterocycles. The number of imide groups is 1. The summed E-state index contributed by atoms with van der Waals surface area (Å²) in [6, 6.07) is 15.5. The van der Waals surface area contributed by atoms with Crippen LogP contribution in [0.1, 0.15) is 31.8 Å². The third-order valence-electron chi connectivity index (χ3n) is 7.38. The molecule has 2 aliphatic rings. The number of carbonyl (C=O) groups is 2. The topological polar surface area (TPSA) is 71.6 Å². The minimum Gasteiger partial charge on any atom is -0.493 e. The van der Waals surface area contributed by atoms with Gasteiger partial charge in [-0.05, 0) is 42.3 Å². The fourth-order valence-electron chi connectivity index (χ4n) is 5.39. The van der Waals surface area contributed by atoms with Gasteiger partial charge < -0.3 is 19.1 Å². The van der Waals surface area contributed by atoms with Gasteiger partial charge in [-0.2, -0.15) is 0 Å². The molecule has 2 heterocycles. The van der Waals surface area contributed by atoms with Crippen molar-refractivity contribution in [1.29, 1.82) is 0 Å². The molecule has 0 N–H and O–H groups in total. The summed E-state index contributed by atoms with van der Waals surface area (Å²) in [4.78, 5) is 32.3. The SMILES string of the molecule is COc1ccc(CN2CCN(c3cccc4c3C(=O)N(CCc3cccc(F)c3)C4=O)CC2)c(OC)c1OC. The minimum atomic E-state index is -0.333. The zero-order valence-corrected chi connectivity index (χ0v) is 22.4. The van der Waals surface area contributed by atoms with Crippen molar-refractivity contribution in [3.63, 3.8) is 0 Å². The van der Waals surface area contributed by atoms with Crippen molar-refractivity contribution in [2.45, 2.75) is 13.0 Å². The number of nitrogens with zero attached hydrogens (tertiary/aromatic N) is 3. The van der Waals surface area contributed by atoms with Gasteiger partial charge in [-0.3, -0.25) is 19.4 Å². The number of piperazine rings is 1. The third kappa shape index (κ3) is 5.14. The van der Waals surface area contributed by atoms with Gasteiger partial charge in [0.15, 0.2) is 11.5 Å². The first-order valence-corrected chi connectivity index (χ1v) is 12.9. The molecule has 0 saturated carbocycles. The molecule has 1 fully saturated rings. The largest absolute Gasteiger partial charge is 0.493 e. The number of amides is 2. The van der Waals surface area contributed by atoms with Crippen LogP contribution in [-0.2, 0) is 13.0 Å². The predicted octanol–water partition coefficient (Wildman–Crippen LogP) is 4.01. The third-order valence-corrected chi connectivity index (χ3v) is 7.38. The number of rotatable bonds is 9. The molecule has 8 nitrogen and oxygen atoms in total. The Balaban J connectivity index is 1.27. The summed E-state index contributed by atoms with van der Waals surface area (Å²) in [5.74, 6) is 0.918. The molecule has 3 aromatic carbocycles. The molecule has 1 saturated heterocycles. The molecule has 0 bridgehead atoms. The maximum atomic E-state index is 13.6. The van der Waals surface area contributed by atoms with Crippen LogP contribution in [0.25, 0.3) is 0 Å². The summed E-state index contributed by atoms with van der Waals surface area (Å²) >= 11 is 0. The van der Waals surface area contributed by atoms with Crippen molar-refractivity contribution < 1.29 is 28.2 Å². The highest BCUT2D eigenvalue weighted by atomic mass is 19.1. The Kier molecular flexibility index (Phi) is 7.70. The van der Waals surface area contributed by atoms with Gasteiger partial charge in [-0.1, -0.05) is 24.3 Å². The van der Waals surface area contributed by atoms with E-state index in [2.05, 4.69) is 9.80 Å². The predicted molar refractivity (Wildman–Crippen MR) is 146 cm³/mol. The van der Waals surface area contributed by atoms with E-state index in [1.807, 2.05) is 24.3 Å². The van der Waals surface area contributed by atoms with Crippen molar-refractivity contribution in [2.24, 2.45) is 0 Å². The van der Waals surface area contributed by atoms with Crippen molar-refractivity contribution in [1.82, 2.24) is 9.80 Å². The molecule has 0 unspecified atom stereocenters. The van der Waals surface area contributed by atoms with Crippen molar-refractivity contribution in [3.05, 3.63) is 82.7 Å². The van der Waals surface area contributed by atoms with E-state index in [4.69, 9.17) is 14.2 Å². The first kappa shape index (κ1) is 26.5. The van der Waals surface area contributed by atoms with E-state index in [0.29, 0.717) is 54.4 Å². The van der Waals surface area contributed by atoms with Crippen molar-refractivity contribution >= 4 is 17.5 Å². The number of hydrogen-bond donors (Lipinski definition) is 0. The number of anilines is 1. The van der Waals surface area contributed by atoms with Crippen molar-refractivity contribution in [2.75, 3.05) is 59.0 Å². The molecule has 9 heteroatoms. The minimum absolute atomic E-state index is 0.205. The lowest BCUT2D eigenvalue weighted by Crippen LogP contribution is -2.46. The molecule has 2 amide bonds. The Morgan fingerprint density at radius 2 is 1.56 bits per heavy atom. The molecule has 3 aromatic rings. The van der Waals surface area contributed by atoms with E-state index < -0.39 is 0 Å². The highest BCUT2D eigenvalue weighted by Crippen LogP contribution is 2.40. The lowest BCUT2D eigenvalue weighted by atomic mass is 10.1. The molecule has 0 aliphatic carbocycles. The zero-order chi connectivity index (χ0) is 27.5. The van der Waals surface area contributed by atoms with Gasteiger partial charge in [0.05, 0.1) is 38.1 Å². The zero-order valence-electron chi connectivity index (χ0n) is 22.4. The normalized spacial score (nSPS) is 15.5. The molecule has 5 rings (SSSR count). The van der Waals surface area contributed by atoms with E-state index in [-0.39, 0.29) is 24.2 Å². The summed E-state index contributed by atoms with van der Waals surface area (Å²) in [5, 5.41) is 0. The lowest BCUT2D eigenvalue weighted by molar-refractivity contribution is 0.0656. The highest BCUT2D eigenvalue weighted by molar-refractivity contribution is 6.23. The summed E-state index contributed by atoms with van der Waals surface area (Å²) in [6.07, 6.45) is 0.400. The van der Waals surface area contributed by atoms with Crippen LogP contribution < -0.4 is 19.1 Å². The Morgan fingerprint density at radius 3 is 2.26 bits per heavy atom. The summed E-state index contributed by atoms with van der Waals surface area (Å²) in [5.41, 5.74) is 3.40. The number of methoxy groups -OCH3 is 3. The molecule has 0 radical (unpaired) electrons. The lowest BCUT2D eigenvalue weighted by Gasteiger charge is -2.37. The number of hydrogen-bond acceptors (Lipinski definition) is 7. The van der Waals surface area contributed by atoms with E-state index in [1.165, 1.54) is 17.0 Å². The Bertz CT molecular complexity index is 1390. The molecule has 0 spiro atoms. The van der Waals surface area contributed by atoms with Crippen LogP contribution in [-0.4, -0.2) is 75.7 Å². The van der Waals surface area contributed by atoms with Crippen LogP contribution in [0.4, 0.5) is 10.1 Å². The summed E-state index contributed by atoms with van der Waals surface area (Å²) in [7, 11) is 4.81. The molecule has 2 aliphatic heterocycles. The standard InChI is InChI=1S/C30H32FN3O5/c1-37-25-11-10-21(27(38-2)28(25)39-3)19-32-14-16-33(17-15-32)24-9-5-8-23-26(24)30(36)34(29(23)35)13-12-20-6-4-7-22(31)18-20/h4-11,18H,12-17,19H2,1-3H3. The van der Waals surface area contributed by atoms with Crippen LogP contribution in [0.2, 0.25) is 0 Å². The second-order valence-electron chi connectivity index (χ2n) is 9.60. The molecule has 204 valence electrons. The Morgan fingerprint density at radius 1 is 0.821 bits per heavy atom. The first-order valence-electron chi connectivity index (χ1n) is 12.9. The monoisotopic (exact) mass is 533 g/mol. The summed E-state index contributed by atoms with van der Waals surface area (Å²) in [6.45, 7) is 3.83. The molecular formula is C30H32FN3O5. The average molecular weight is 534 g/mol. The van der Waals surface area contributed by atoms with E-state index in [9.17, 15) is 14.0 Å². The maximum Gasteiger partial charge on any atom is 0.263 e. The van der Waals surface area contributed by atoms with E-state index >= 15 is 0 Å². The van der Waals surface area contributed by atoms with Crippen molar-refractivity contribution in [3.8, 4) is 17.2 Å². The van der Waals surface area contributed by atoms with Crippen LogP contribution in [0, 0.1) is 5.82 Å². The quantitative estimate of drug-likeness (QED) is 0.385. The van der Waals surface area contributed by atoms with Crippen LogP contribution >= 0.6 is 0 Å². The van der Waals surface area contributed by atoms with Gasteiger partial charge >= 0.3 is 0 Å². The number of carbonyl (C=O) groups excluding carboxylic acids is 2. The van der Waals surface area contributed by atoms with Gasteiger partial charge in [0.25, 0.3) is 11.8 Å². The van der Waals surface area contributed by atoms with Gasteiger partial charge in [0, 0.05) is 44.8 Å². The van der Waals surface area contributed by atoms with Gasteiger partial charge in [-0.15, -0.1) is 0 Å². The van der Waals surface area contributed by atoms with E-state index in [1.54, 1.807) is 39.5 Å². The Hall–Kier alpha value is -4.11.